The fraction of sp³-hybridized carbons (Fsp3) is 0.182. The van der Waals surface area contributed by atoms with E-state index in [1.807, 2.05) is 18.2 Å². The van der Waals surface area contributed by atoms with Crippen LogP contribution in [-0.2, 0) is 24.2 Å². The van der Waals surface area contributed by atoms with Crippen molar-refractivity contribution in [2.75, 3.05) is 11.9 Å². The third-order valence-electron chi connectivity index (χ3n) is 4.80. The minimum absolute atomic E-state index is 0.138. The summed E-state index contributed by atoms with van der Waals surface area (Å²) < 4.78 is 18.2. The Balaban J connectivity index is 1.43. The van der Waals surface area contributed by atoms with Gasteiger partial charge < -0.3 is 14.6 Å². The van der Waals surface area contributed by atoms with Crippen LogP contribution in [0.3, 0.4) is 0 Å². The van der Waals surface area contributed by atoms with E-state index in [9.17, 15) is 14.0 Å². The number of furan rings is 1. The number of amides is 2. The van der Waals surface area contributed by atoms with Gasteiger partial charge in [0, 0.05) is 18.8 Å². The van der Waals surface area contributed by atoms with Crippen molar-refractivity contribution in [3.8, 4) is 0 Å². The molecule has 1 N–H and O–H groups in total. The molecular formula is C22H19FN2O3. The number of benzene rings is 2. The van der Waals surface area contributed by atoms with Gasteiger partial charge in [0.25, 0.3) is 5.91 Å². The summed E-state index contributed by atoms with van der Waals surface area (Å²) in [4.78, 5) is 26.5. The normalized spacial score (nSPS) is 13.1. The van der Waals surface area contributed by atoms with Crippen LogP contribution in [0.1, 0.15) is 27.2 Å². The largest absolute Gasteiger partial charge is 0.459 e. The fourth-order valence-corrected chi connectivity index (χ4v) is 3.36. The maximum absolute atomic E-state index is 13.0. The van der Waals surface area contributed by atoms with Crippen molar-refractivity contribution >= 4 is 17.5 Å². The highest BCUT2D eigenvalue weighted by molar-refractivity contribution is 5.93. The first kappa shape index (κ1) is 18.0. The quantitative estimate of drug-likeness (QED) is 0.751. The summed E-state index contributed by atoms with van der Waals surface area (Å²) in [7, 11) is 0. The van der Waals surface area contributed by atoms with Crippen LogP contribution in [-0.4, -0.2) is 23.3 Å². The number of carbonyl (C=O) groups excluding carboxylic acids is 2. The Labute approximate surface area is 161 Å². The summed E-state index contributed by atoms with van der Waals surface area (Å²) in [6.07, 6.45) is 2.41. The molecule has 0 saturated heterocycles. The number of halogens is 1. The van der Waals surface area contributed by atoms with Crippen molar-refractivity contribution < 1.29 is 18.4 Å². The van der Waals surface area contributed by atoms with Gasteiger partial charge in [0.1, 0.15) is 5.82 Å². The van der Waals surface area contributed by atoms with Crippen LogP contribution >= 0.6 is 0 Å². The summed E-state index contributed by atoms with van der Waals surface area (Å²) in [6, 6.07) is 15.0. The van der Waals surface area contributed by atoms with E-state index in [2.05, 4.69) is 5.32 Å². The molecule has 0 unspecified atom stereocenters. The average Bonchev–Trinajstić information content (AvgIpc) is 3.23. The molecule has 0 fully saturated rings. The molecule has 1 aliphatic rings. The Kier molecular flexibility index (Phi) is 4.93. The SMILES string of the molecule is O=C(Cc1ccc(F)cc1)Nc1ccc2c(c1)CN(C(=O)c1ccco1)CC2. The number of fused-ring (bicyclic) bond motifs is 1. The third kappa shape index (κ3) is 3.96. The van der Waals surface area contributed by atoms with E-state index in [1.54, 1.807) is 29.2 Å². The topological polar surface area (TPSA) is 62.6 Å². The minimum atomic E-state index is -0.326. The lowest BCUT2D eigenvalue weighted by Crippen LogP contribution is -2.35. The maximum atomic E-state index is 13.0. The number of anilines is 1. The molecular weight excluding hydrogens is 359 g/mol. The molecule has 2 aromatic carbocycles. The Bertz CT molecular complexity index is 997. The van der Waals surface area contributed by atoms with Gasteiger partial charge in [-0.1, -0.05) is 18.2 Å². The molecule has 2 amide bonds. The Morgan fingerprint density at radius 1 is 1.07 bits per heavy atom. The number of nitrogens with zero attached hydrogens (tertiary/aromatic N) is 1. The average molecular weight is 378 g/mol. The monoisotopic (exact) mass is 378 g/mol. The van der Waals surface area contributed by atoms with Crippen LogP contribution in [0.4, 0.5) is 10.1 Å². The van der Waals surface area contributed by atoms with E-state index >= 15 is 0 Å². The van der Waals surface area contributed by atoms with E-state index in [0.29, 0.717) is 24.5 Å². The number of hydrogen-bond acceptors (Lipinski definition) is 3. The lowest BCUT2D eigenvalue weighted by molar-refractivity contribution is -0.115. The number of rotatable bonds is 4. The van der Waals surface area contributed by atoms with E-state index in [-0.39, 0.29) is 24.1 Å². The van der Waals surface area contributed by atoms with Crippen LogP contribution < -0.4 is 5.32 Å². The minimum Gasteiger partial charge on any atom is -0.459 e. The summed E-state index contributed by atoms with van der Waals surface area (Å²) in [5, 5.41) is 2.87. The Morgan fingerprint density at radius 3 is 2.64 bits per heavy atom. The van der Waals surface area contributed by atoms with E-state index in [4.69, 9.17) is 4.42 Å². The number of carbonyl (C=O) groups is 2. The van der Waals surface area contributed by atoms with Gasteiger partial charge in [-0.25, -0.2) is 4.39 Å². The standard InChI is InChI=1S/C22H19FN2O3/c23-18-6-3-15(4-7-18)12-21(26)24-19-8-5-16-9-10-25(14-17(16)13-19)22(27)20-2-1-11-28-20/h1-8,11,13H,9-10,12,14H2,(H,24,26). The molecule has 142 valence electrons. The summed E-state index contributed by atoms with van der Waals surface area (Å²) >= 11 is 0. The Morgan fingerprint density at radius 2 is 1.89 bits per heavy atom. The first-order chi connectivity index (χ1) is 13.6. The van der Waals surface area contributed by atoms with Crippen molar-refractivity contribution in [2.24, 2.45) is 0 Å². The van der Waals surface area contributed by atoms with Crippen LogP contribution in [0.25, 0.3) is 0 Å². The second kappa shape index (κ2) is 7.68. The first-order valence-electron chi connectivity index (χ1n) is 9.07. The second-order valence-corrected chi connectivity index (χ2v) is 6.79. The lowest BCUT2D eigenvalue weighted by Gasteiger charge is -2.28. The highest BCUT2D eigenvalue weighted by Gasteiger charge is 2.23. The maximum Gasteiger partial charge on any atom is 0.289 e. The molecule has 2 heterocycles. The van der Waals surface area contributed by atoms with Crippen molar-refractivity contribution in [3.05, 3.63) is 89.1 Å². The van der Waals surface area contributed by atoms with Crippen LogP contribution in [0.2, 0.25) is 0 Å². The van der Waals surface area contributed by atoms with Gasteiger partial charge in [0.2, 0.25) is 5.91 Å². The first-order valence-corrected chi connectivity index (χ1v) is 9.07. The molecule has 0 saturated carbocycles. The molecule has 1 aliphatic heterocycles. The molecule has 0 bridgehead atoms. The molecule has 0 spiro atoms. The van der Waals surface area contributed by atoms with Gasteiger partial charge in [-0.05, 0) is 59.5 Å². The summed E-state index contributed by atoms with van der Waals surface area (Å²) in [5.41, 5.74) is 3.59. The molecule has 0 atom stereocenters. The number of hydrogen-bond donors (Lipinski definition) is 1. The third-order valence-corrected chi connectivity index (χ3v) is 4.80. The predicted octanol–water partition coefficient (Wildman–Crippen LogP) is 3.80. The summed E-state index contributed by atoms with van der Waals surface area (Å²) in [5.74, 6) is -0.313. The van der Waals surface area contributed by atoms with E-state index in [0.717, 1.165) is 17.5 Å². The molecule has 4 rings (SSSR count). The van der Waals surface area contributed by atoms with Crippen LogP contribution in [0, 0.1) is 5.82 Å². The zero-order valence-corrected chi connectivity index (χ0v) is 15.2. The van der Waals surface area contributed by atoms with Gasteiger partial charge in [-0.15, -0.1) is 0 Å². The zero-order valence-electron chi connectivity index (χ0n) is 15.2. The van der Waals surface area contributed by atoms with Gasteiger partial charge in [0.15, 0.2) is 5.76 Å². The molecule has 5 nitrogen and oxygen atoms in total. The molecule has 6 heteroatoms. The summed E-state index contributed by atoms with van der Waals surface area (Å²) in [6.45, 7) is 1.10. The molecule has 0 radical (unpaired) electrons. The van der Waals surface area contributed by atoms with E-state index < -0.39 is 0 Å². The molecule has 1 aromatic heterocycles. The second-order valence-electron chi connectivity index (χ2n) is 6.79. The Hall–Kier alpha value is -3.41. The highest BCUT2D eigenvalue weighted by atomic mass is 19.1. The molecule has 28 heavy (non-hydrogen) atoms. The van der Waals surface area contributed by atoms with Crippen molar-refractivity contribution in [2.45, 2.75) is 19.4 Å². The predicted molar refractivity (Wildman–Crippen MR) is 102 cm³/mol. The van der Waals surface area contributed by atoms with Gasteiger partial charge >= 0.3 is 0 Å². The number of nitrogens with one attached hydrogen (secondary N) is 1. The van der Waals surface area contributed by atoms with Crippen molar-refractivity contribution in [1.82, 2.24) is 4.90 Å². The van der Waals surface area contributed by atoms with Gasteiger partial charge in [0.05, 0.1) is 12.7 Å². The van der Waals surface area contributed by atoms with Crippen molar-refractivity contribution in [1.29, 1.82) is 0 Å². The van der Waals surface area contributed by atoms with E-state index in [1.165, 1.54) is 24.0 Å². The highest BCUT2D eigenvalue weighted by Crippen LogP contribution is 2.24. The molecule has 0 aliphatic carbocycles. The molecule has 3 aromatic rings. The lowest BCUT2D eigenvalue weighted by atomic mass is 9.98. The van der Waals surface area contributed by atoms with Crippen LogP contribution in [0.5, 0.6) is 0 Å². The van der Waals surface area contributed by atoms with Crippen LogP contribution in [0.15, 0.2) is 65.3 Å². The fourth-order valence-electron chi connectivity index (χ4n) is 3.36. The van der Waals surface area contributed by atoms with Gasteiger partial charge in [-0.3, -0.25) is 9.59 Å². The van der Waals surface area contributed by atoms with Crippen molar-refractivity contribution in [3.63, 3.8) is 0 Å². The van der Waals surface area contributed by atoms with Gasteiger partial charge in [-0.2, -0.15) is 0 Å². The smallest absolute Gasteiger partial charge is 0.289 e. The zero-order chi connectivity index (χ0) is 19.5.